The van der Waals surface area contributed by atoms with Crippen LogP contribution in [0.2, 0.25) is 0 Å². The summed E-state index contributed by atoms with van der Waals surface area (Å²) >= 11 is 0. The molecule has 4 rings (SSSR count). The van der Waals surface area contributed by atoms with Crippen LogP contribution in [0.25, 0.3) is 0 Å². The molecular weight excluding hydrogens is 232 g/mol. The van der Waals surface area contributed by atoms with Crippen molar-refractivity contribution in [2.45, 2.75) is 64.7 Å². The van der Waals surface area contributed by atoms with Gasteiger partial charge < -0.3 is 0 Å². The molecule has 19 heavy (non-hydrogen) atoms. The summed E-state index contributed by atoms with van der Waals surface area (Å²) in [6.45, 7) is 2.57. The van der Waals surface area contributed by atoms with Crippen LogP contribution in [0.15, 0.2) is 11.6 Å². The quantitative estimate of drug-likeness (QED) is 0.624. The Balaban J connectivity index is 1.63. The summed E-state index contributed by atoms with van der Waals surface area (Å²) in [7, 11) is 0. The van der Waals surface area contributed by atoms with Gasteiger partial charge in [-0.2, -0.15) is 0 Å². The highest BCUT2D eigenvalue weighted by molar-refractivity contribution is 5.91. The number of hydrogen-bond donors (Lipinski definition) is 0. The summed E-state index contributed by atoms with van der Waals surface area (Å²) < 4.78 is 0. The van der Waals surface area contributed by atoms with Gasteiger partial charge in [-0.1, -0.05) is 18.9 Å². The van der Waals surface area contributed by atoms with Crippen LogP contribution >= 0.6 is 0 Å². The summed E-state index contributed by atoms with van der Waals surface area (Å²) in [4.78, 5) is 11.6. The molecule has 0 radical (unpaired) electrons. The average molecular weight is 258 g/mol. The Morgan fingerprint density at radius 2 is 1.95 bits per heavy atom. The number of allylic oxidation sites excluding steroid dienone is 1. The molecule has 1 nitrogen and oxygen atoms in total. The summed E-state index contributed by atoms with van der Waals surface area (Å²) in [5.41, 5.74) is 2.20. The molecule has 104 valence electrons. The highest BCUT2D eigenvalue weighted by atomic mass is 16.1. The van der Waals surface area contributed by atoms with Gasteiger partial charge in [0.05, 0.1) is 0 Å². The van der Waals surface area contributed by atoms with Crippen LogP contribution in [0.3, 0.4) is 0 Å². The minimum Gasteiger partial charge on any atom is -0.295 e. The highest BCUT2D eigenvalue weighted by Crippen LogP contribution is 2.61. The van der Waals surface area contributed by atoms with Gasteiger partial charge >= 0.3 is 0 Å². The van der Waals surface area contributed by atoms with Crippen LogP contribution in [-0.2, 0) is 4.79 Å². The second-order valence-electron chi connectivity index (χ2n) is 7.89. The maximum atomic E-state index is 11.6. The van der Waals surface area contributed by atoms with Crippen molar-refractivity contribution >= 4 is 5.78 Å². The van der Waals surface area contributed by atoms with E-state index in [4.69, 9.17) is 0 Å². The first kappa shape index (κ1) is 12.2. The molecule has 0 N–H and O–H groups in total. The normalized spacial score (nSPS) is 49.1. The molecule has 0 aromatic rings. The van der Waals surface area contributed by atoms with Crippen molar-refractivity contribution in [1.82, 2.24) is 0 Å². The number of carbonyl (C=O) groups excluding carboxylic acids is 1. The topological polar surface area (TPSA) is 17.1 Å². The number of rotatable bonds is 0. The lowest BCUT2D eigenvalue weighted by atomic mass is 9.52. The Bertz CT molecular complexity index is 435. The molecule has 4 aliphatic carbocycles. The van der Waals surface area contributed by atoms with Crippen LogP contribution in [0.1, 0.15) is 64.7 Å². The fourth-order valence-electron chi connectivity index (χ4n) is 6.17. The monoisotopic (exact) mass is 258 g/mol. The Morgan fingerprint density at radius 1 is 1.05 bits per heavy atom. The molecule has 0 spiro atoms. The van der Waals surface area contributed by atoms with E-state index in [1.54, 1.807) is 0 Å². The maximum Gasteiger partial charge on any atom is 0.155 e. The van der Waals surface area contributed by atoms with E-state index in [9.17, 15) is 4.79 Å². The number of carbonyl (C=O) groups is 1. The van der Waals surface area contributed by atoms with Gasteiger partial charge in [-0.25, -0.2) is 0 Å². The predicted octanol–water partition coefficient (Wildman–Crippen LogP) is 4.52. The third-order valence-electron chi connectivity index (χ3n) is 7.08. The van der Waals surface area contributed by atoms with E-state index in [1.165, 1.54) is 50.5 Å². The Hall–Kier alpha value is -0.590. The number of ketones is 1. The van der Waals surface area contributed by atoms with Crippen LogP contribution in [-0.4, -0.2) is 5.78 Å². The lowest BCUT2D eigenvalue weighted by Gasteiger charge is -2.52. The third kappa shape index (κ3) is 1.76. The van der Waals surface area contributed by atoms with Crippen molar-refractivity contribution in [3.05, 3.63) is 11.6 Å². The van der Waals surface area contributed by atoms with E-state index in [-0.39, 0.29) is 0 Å². The Kier molecular flexibility index (Phi) is 2.69. The minimum atomic E-state index is 0.395. The second-order valence-corrected chi connectivity index (χ2v) is 7.89. The number of hydrogen-bond acceptors (Lipinski definition) is 1. The molecule has 3 saturated carbocycles. The van der Waals surface area contributed by atoms with E-state index < -0.39 is 0 Å². The largest absolute Gasteiger partial charge is 0.295 e. The van der Waals surface area contributed by atoms with E-state index in [2.05, 4.69) is 6.92 Å². The molecule has 0 heterocycles. The molecule has 5 atom stereocenters. The molecule has 0 aromatic carbocycles. The zero-order valence-electron chi connectivity index (χ0n) is 12.2. The van der Waals surface area contributed by atoms with Gasteiger partial charge in [-0.05, 0) is 80.1 Å². The lowest BCUT2D eigenvalue weighted by Crippen LogP contribution is -2.44. The highest BCUT2D eigenvalue weighted by Gasteiger charge is 2.52. The van der Waals surface area contributed by atoms with Gasteiger partial charge in [-0.3, -0.25) is 4.79 Å². The average Bonchev–Trinajstić information content (AvgIpc) is 2.79. The molecule has 4 aliphatic rings. The van der Waals surface area contributed by atoms with Crippen molar-refractivity contribution in [2.24, 2.45) is 29.1 Å². The van der Waals surface area contributed by atoms with E-state index >= 15 is 0 Å². The second kappa shape index (κ2) is 4.20. The minimum absolute atomic E-state index is 0.395. The first-order valence-corrected chi connectivity index (χ1v) is 8.41. The summed E-state index contributed by atoms with van der Waals surface area (Å²) in [5.74, 6) is 4.08. The summed E-state index contributed by atoms with van der Waals surface area (Å²) in [5, 5.41) is 0. The fraction of sp³-hybridized carbons (Fsp3) is 0.833. The first-order valence-electron chi connectivity index (χ1n) is 8.41. The van der Waals surface area contributed by atoms with Gasteiger partial charge in [-0.15, -0.1) is 0 Å². The smallest absolute Gasteiger partial charge is 0.155 e. The standard InChI is InChI=1S/C18H26O/c1-18-9-2-3-17(18)16-6-4-12-11-13(19)5-7-14(12)15(16)8-10-18/h11,14-17H,2-10H2,1H3/t14?,15-,16?,17+,18+/m1/s1. The fourth-order valence-corrected chi connectivity index (χ4v) is 6.17. The van der Waals surface area contributed by atoms with Gasteiger partial charge in [0.25, 0.3) is 0 Å². The zero-order valence-corrected chi connectivity index (χ0v) is 12.2. The first-order chi connectivity index (χ1) is 9.17. The van der Waals surface area contributed by atoms with Gasteiger partial charge in [0.2, 0.25) is 0 Å². The predicted molar refractivity (Wildman–Crippen MR) is 76.7 cm³/mol. The van der Waals surface area contributed by atoms with Crippen molar-refractivity contribution in [3.63, 3.8) is 0 Å². The van der Waals surface area contributed by atoms with Crippen LogP contribution in [0.4, 0.5) is 0 Å². The van der Waals surface area contributed by atoms with Gasteiger partial charge in [0.1, 0.15) is 0 Å². The molecule has 0 aliphatic heterocycles. The van der Waals surface area contributed by atoms with Crippen molar-refractivity contribution in [2.75, 3.05) is 0 Å². The van der Waals surface area contributed by atoms with Crippen LogP contribution in [0.5, 0.6) is 0 Å². The Labute approximate surface area is 116 Å². The van der Waals surface area contributed by atoms with Crippen LogP contribution < -0.4 is 0 Å². The maximum absolute atomic E-state index is 11.6. The molecule has 0 aromatic heterocycles. The van der Waals surface area contributed by atoms with Crippen molar-refractivity contribution in [3.8, 4) is 0 Å². The molecular formula is C18H26O. The van der Waals surface area contributed by atoms with Crippen molar-refractivity contribution in [1.29, 1.82) is 0 Å². The third-order valence-corrected chi connectivity index (χ3v) is 7.08. The molecule has 1 heteroatoms. The molecule has 0 amide bonds. The molecule has 2 unspecified atom stereocenters. The summed E-state index contributed by atoms with van der Waals surface area (Å²) in [6, 6.07) is 0. The Morgan fingerprint density at radius 3 is 2.84 bits per heavy atom. The lowest BCUT2D eigenvalue weighted by molar-refractivity contribution is -0.116. The summed E-state index contributed by atoms with van der Waals surface area (Å²) in [6.07, 6.45) is 13.9. The van der Waals surface area contributed by atoms with Gasteiger partial charge in [0.15, 0.2) is 5.78 Å². The van der Waals surface area contributed by atoms with Crippen molar-refractivity contribution < 1.29 is 4.79 Å². The molecule has 0 saturated heterocycles. The van der Waals surface area contributed by atoms with E-state index in [0.717, 1.165) is 36.5 Å². The SMILES string of the molecule is C[C@@]12CCC[C@H]1C1CCC3=CC(=O)CCC3[C@H]1CC2. The van der Waals surface area contributed by atoms with Crippen LogP contribution in [0, 0.1) is 29.1 Å². The van der Waals surface area contributed by atoms with E-state index in [0.29, 0.717) is 11.2 Å². The van der Waals surface area contributed by atoms with Gasteiger partial charge in [0, 0.05) is 6.42 Å². The number of fused-ring (bicyclic) bond motifs is 5. The molecule has 0 bridgehead atoms. The zero-order chi connectivity index (χ0) is 13.0. The van der Waals surface area contributed by atoms with E-state index in [1.807, 2.05) is 6.08 Å². The molecule has 3 fully saturated rings.